The Kier molecular flexibility index (Phi) is 3.40. The second-order valence-corrected chi connectivity index (χ2v) is 5.45. The maximum Gasteiger partial charge on any atom is 0.417 e. The van der Waals surface area contributed by atoms with Crippen molar-refractivity contribution in [2.24, 2.45) is 0 Å². The Hall–Kier alpha value is -2.35. The van der Waals surface area contributed by atoms with Gasteiger partial charge in [0.15, 0.2) is 0 Å². The van der Waals surface area contributed by atoms with E-state index in [2.05, 4.69) is 10.1 Å². The topological polar surface area (TPSA) is 50.9 Å². The standard InChI is InChI=1S/C14H10F3N3OS/c1-8-6-12(21)20(19-8)13-18-11(7-22-13)9-4-2-3-5-10(9)14(15,16)17/h2-7,21H,1H3. The zero-order valence-corrected chi connectivity index (χ0v) is 12.1. The zero-order valence-electron chi connectivity index (χ0n) is 11.3. The maximum absolute atomic E-state index is 13.0. The molecule has 2 heterocycles. The summed E-state index contributed by atoms with van der Waals surface area (Å²) < 4.78 is 40.3. The van der Waals surface area contributed by atoms with E-state index in [1.165, 1.54) is 34.3 Å². The average molecular weight is 325 g/mol. The summed E-state index contributed by atoms with van der Waals surface area (Å²) in [6, 6.07) is 6.70. The summed E-state index contributed by atoms with van der Waals surface area (Å²) in [5.74, 6) is -0.109. The first-order valence-corrected chi connectivity index (χ1v) is 7.12. The fraction of sp³-hybridized carbons (Fsp3) is 0.143. The Labute approximate surface area is 127 Å². The van der Waals surface area contributed by atoms with Crippen molar-refractivity contribution >= 4 is 11.3 Å². The number of aryl methyl sites for hydroxylation is 1. The first-order chi connectivity index (χ1) is 10.4. The zero-order chi connectivity index (χ0) is 15.9. The van der Waals surface area contributed by atoms with Crippen molar-refractivity contribution in [3.63, 3.8) is 0 Å². The van der Waals surface area contributed by atoms with E-state index in [1.807, 2.05) is 0 Å². The number of alkyl halides is 3. The molecule has 4 nitrogen and oxygen atoms in total. The van der Waals surface area contributed by atoms with Gasteiger partial charge in [-0.2, -0.15) is 23.0 Å². The lowest BCUT2D eigenvalue weighted by Gasteiger charge is -2.10. The molecule has 0 saturated carbocycles. The fourth-order valence-corrected chi connectivity index (χ4v) is 2.85. The Morgan fingerprint density at radius 1 is 1.23 bits per heavy atom. The predicted molar refractivity (Wildman–Crippen MR) is 76.1 cm³/mol. The highest BCUT2D eigenvalue weighted by Gasteiger charge is 2.33. The number of rotatable bonds is 2. The van der Waals surface area contributed by atoms with Gasteiger partial charge in [0, 0.05) is 17.0 Å². The molecule has 0 bridgehead atoms. The normalized spacial score (nSPS) is 11.8. The van der Waals surface area contributed by atoms with Gasteiger partial charge in [0.05, 0.1) is 17.0 Å². The summed E-state index contributed by atoms with van der Waals surface area (Å²) in [4.78, 5) is 4.16. The second-order valence-electron chi connectivity index (χ2n) is 4.61. The highest BCUT2D eigenvalue weighted by Crippen LogP contribution is 2.37. The lowest BCUT2D eigenvalue weighted by Crippen LogP contribution is -2.07. The minimum atomic E-state index is -4.45. The smallest absolute Gasteiger partial charge is 0.417 e. The van der Waals surface area contributed by atoms with Crippen molar-refractivity contribution in [3.05, 3.63) is 47.0 Å². The molecule has 0 spiro atoms. The SMILES string of the molecule is Cc1cc(O)n(-c2nc(-c3ccccc3C(F)(F)F)cs2)n1. The van der Waals surface area contributed by atoms with Crippen LogP contribution in [-0.4, -0.2) is 19.9 Å². The minimum Gasteiger partial charge on any atom is -0.493 e. The van der Waals surface area contributed by atoms with Crippen LogP contribution in [0.4, 0.5) is 13.2 Å². The molecule has 0 unspecified atom stereocenters. The molecular formula is C14H10F3N3OS. The lowest BCUT2D eigenvalue weighted by atomic mass is 10.1. The number of nitrogens with zero attached hydrogens (tertiary/aromatic N) is 3. The molecule has 8 heteroatoms. The molecule has 3 rings (SSSR count). The number of thiazole rings is 1. The van der Waals surface area contributed by atoms with E-state index in [9.17, 15) is 18.3 Å². The minimum absolute atomic E-state index is 0.000804. The third kappa shape index (κ3) is 2.57. The van der Waals surface area contributed by atoms with Crippen LogP contribution in [0.15, 0.2) is 35.7 Å². The number of hydrogen-bond acceptors (Lipinski definition) is 4. The molecule has 3 aromatic rings. The van der Waals surface area contributed by atoms with Crippen LogP contribution in [0.5, 0.6) is 5.88 Å². The van der Waals surface area contributed by atoms with Crippen LogP contribution >= 0.6 is 11.3 Å². The number of hydrogen-bond donors (Lipinski definition) is 1. The van der Waals surface area contributed by atoms with Crippen molar-refractivity contribution in [2.75, 3.05) is 0 Å². The van der Waals surface area contributed by atoms with Gasteiger partial charge < -0.3 is 5.11 Å². The first kappa shape index (κ1) is 14.6. The van der Waals surface area contributed by atoms with Crippen LogP contribution in [0.3, 0.4) is 0 Å². The molecule has 0 radical (unpaired) electrons. The molecule has 0 saturated heterocycles. The highest BCUT2D eigenvalue weighted by molar-refractivity contribution is 7.12. The molecular weight excluding hydrogens is 315 g/mol. The predicted octanol–water partition coefficient (Wildman–Crippen LogP) is 4.03. The van der Waals surface area contributed by atoms with Gasteiger partial charge in [-0.15, -0.1) is 11.3 Å². The van der Waals surface area contributed by atoms with Crippen LogP contribution in [0.25, 0.3) is 16.4 Å². The largest absolute Gasteiger partial charge is 0.493 e. The molecule has 0 aliphatic rings. The van der Waals surface area contributed by atoms with Gasteiger partial charge in [0.25, 0.3) is 0 Å². The quantitative estimate of drug-likeness (QED) is 0.774. The Morgan fingerprint density at radius 3 is 2.59 bits per heavy atom. The van der Waals surface area contributed by atoms with Crippen LogP contribution in [0, 0.1) is 6.92 Å². The summed E-state index contributed by atoms with van der Waals surface area (Å²) in [6.07, 6.45) is -4.45. The van der Waals surface area contributed by atoms with Crippen molar-refractivity contribution in [3.8, 4) is 22.3 Å². The van der Waals surface area contributed by atoms with Gasteiger partial charge in [-0.05, 0) is 13.0 Å². The number of aromatic nitrogens is 3. The third-order valence-corrected chi connectivity index (χ3v) is 3.81. The van der Waals surface area contributed by atoms with Crippen LogP contribution in [0.2, 0.25) is 0 Å². The molecule has 114 valence electrons. The molecule has 1 N–H and O–H groups in total. The van der Waals surface area contributed by atoms with Crippen LogP contribution in [0.1, 0.15) is 11.3 Å². The number of halogens is 3. The summed E-state index contributed by atoms with van der Waals surface area (Å²) in [7, 11) is 0. The van der Waals surface area contributed by atoms with Crippen molar-refractivity contribution in [2.45, 2.75) is 13.1 Å². The van der Waals surface area contributed by atoms with E-state index in [4.69, 9.17) is 0 Å². The van der Waals surface area contributed by atoms with Gasteiger partial charge in [-0.3, -0.25) is 0 Å². The van der Waals surface area contributed by atoms with E-state index in [0.717, 1.165) is 17.4 Å². The van der Waals surface area contributed by atoms with Gasteiger partial charge in [0.2, 0.25) is 11.0 Å². The highest BCUT2D eigenvalue weighted by atomic mass is 32.1. The Bertz CT molecular complexity index is 823. The molecule has 0 aliphatic heterocycles. The van der Waals surface area contributed by atoms with Gasteiger partial charge in [-0.25, -0.2) is 4.98 Å². The number of benzene rings is 1. The van der Waals surface area contributed by atoms with E-state index in [-0.39, 0.29) is 17.1 Å². The molecule has 0 atom stereocenters. The lowest BCUT2D eigenvalue weighted by molar-refractivity contribution is -0.137. The van der Waals surface area contributed by atoms with E-state index in [1.54, 1.807) is 6.92 Å². The van der Waals surface area contributed by atoms with E-state index < -0.39 is 11.7 Å². The summed E-state index contributed by atoms with van der Waals surface area (Å²) in [5.41, 5.74) is 0.0407. The molecule has 2 aromatic heterocycles. The maximum atomic E-state index is 13.0. The van der Waals surface area contributed by atoms with Gasteiger partial charge in [-0.1, -0.05) is 18.2 Å². The number of aromatic hydroxyl groups is 1. The van der Waals surface area contributed by atoms with Gasteiger partial charge in [0.1, 0.15) is 0 Å². The summed E-state index contributed by atoms with van der Waals surface area (Å²) >= 11 is 1.11. The van der Waals surface area contributed by atoms with Gasteiger partial charge >= 0.3 is 6.18 Å². The first-order valence-electron chi connectivity index (χ1n) is 6.24. The van der Waals surface area contributed by atoms with Crippen molar-refractivity contribution in [1.82, 2.24) is 14.8 Å². The molecule has 22 heavy (non-hydrogen) atoms. The third-order valence-electron chi connectivity index (χ3n) is 2.99. The Balaban J connectivity index is 2.07. The summed E-state index contributed by atoms with van der Waals surface area (Å²) in [6.45, 7) is 1.70. The molecule has 0 fully saturated rings. The Morgan fingerprint density at radius 2 is 1.95 bits per heavy atom. The second kappa shape index (κ2) is 5.13. The average Bonchev–Trinajstić information content (AvgIpc) is 3.04. The monoisotopic (exact) mass is 325 g/mol. The fourth-order valence-electron chi connectivity index (χ4n) is 2.07. The van der Waals surface area contributed by atoms with Crippen LogP contribution < -0.4 is 0 Å². The van der Waals surface area contributed by atoms with Crippen molar-refractivity contribution < 1.29 is 18.3 Å². The molecule has 0 amide bonds. The van der Waals surface area contributed by atoms with Crippen molar-refractivity contribution in [1.29, 1.82) is 0 Å². The van der Waals surface area contributed by atoms with E-state index in [0.29, 0.717) is 10.8 Å². The van der Waals surface area contributed by atoms with E-state index >= 15 is 0 Å². The molecule has 0 aliphatic carbocycles. The molecule has 1 aromatic carbocycles. The van der Waals surface area contributed by atoms with Crippen LogP contribution in [-0.2, 0) is 6.18 Å². The summed E-state index contributed by atoms with van der Waals surface area (Å²) in [5, 5.41) is 15.6.